The highest BCUT2D eigenvalue weighted by atomic mass is 79.9. The van der Waals surface area contributed by atoms with E-state index in [4.69, 9.17) is 5.11 Å². The summed E-state index contributed by atoms with van der Waals surface area (Å²) in [7, 11) is 0. The van der Waals surface area contributed by atoms with E-state index in [0.717, 1.165) is 14.6 Å². The summed E-state index contributed by atoms with van der Waals surface area (Å²) in [6.07, 6.45) is -1.28. The van der Waals surface area contributed by atoms with Crippen LogP contribution in [0.1, 0.15) is 0 Å². The molecule has 0 aliphatic heterocycles. The zero-order chi connectivity index (χ0) is 10.1. The molecular formula is C9H5BrO3S. The first kappa shape index (κ1) is 9.48. The van der Waals surface area contributed by atoms with E-state index in [-0.39, 0.29) is 0 Å². The van der Waals surface area contributed by atoms with E-state index in [0.29, 0.717) is 5.06 Å². The Morgan fingerprint density at radius 1 is 1.50 bits per heavy atom. The number of thiophene rings is 1. The Labute approximate surface area is 92.1 Å². The van der Waals surface area contributed by atoms with Gasteiger partial charge in [-0.15, -0.1) is 0 Å². The number of rotatable bonds is 1. The fourth-order valence-electron chi connectivity index (χ4n) is 1.14. The topological polar surface area (TPSA) is 46.5 Å². The first-order chi connectivity index (χ1) is 6.66. The summed E-state index contributed by atoms with van der Waals surface area (Å²) in [5.41, 5.74) is 0. The van der Waals surface area contributed by atoms with Gasteiger partial charge in [0.25, 0.3) is 0 Å². The fraction of sp³-hybridized carbons (Fsp3) is 0. The lowest BCUT2D eigenvalue weighted by Crippen LogP contribution is -2.00. The van der Waals surface area contributed by atoms with E-state index in [1.807, 2.05) is 18.2 Å². The minimum Gasteiger partial charge on any atom is -0.449 e. The van der Waals surface area contributed by atoms with Gasteiger partial charge < -0.3 is 9.84 Å². The largest absolute Gasteiger partial charge is 0.512 e. The maximum absolute atomic E-state index is 10.3. The van der Waals surface area contributed by atoms with Crippen LogP contribution in [-0.2, 0) is 0 Å². The number of hydrogen-bond acceptors (Lipinski definition) is 3. The van der Waals surface area contributed by atoms with E-state index in [1.165, 1.54) is 11.3 Å². The average Bonchev–Trinajstić information content (AvgIpc) is 2.47. The van der Waals surface area contributed by atoms with E-state index >= 15 is 0 Å². The summed E-state index contributed by atoms with van der Waals surface area (Å²) in [6, 6.07) is 7.42. The Hall–Kier alpha value is -1.07. The summed E-state index contributed by atoms with van der Waals surface area (Å²) in [4.78, 5) is 10.3. The quantitative estimate of drug-likeness (QED) is 0.805. The molecule has 0 amide bonds. The molecule has 0 unspecified atom stereocenters. The van der Waals surface area contributed by atoms with Gasteiger partial charge in [0, 0.05) is 20.6 Å². The molecule has 5 heteroatoms. The van der Waals surface area contributed by atoms with Gasteiger partial charge in [-0.05, 0) is 12.1 Å². The van der Waals surface area contributed by atoms with Crippen molar-refractivity contribution in [3.05, 3.63) is 28.7 Å². The van der Waals surface area contributed by atoms with Gasteiger partial charge in [0.15, 0.2) is 5.06 Å². The highest BCUT2D eigenvalue weighted by Gasteiger charge is 2.07. The zero-order valence-electron chi connectivity index (χ0n) is 6.86. The first-order valence-corrected chi connectivity index (χ1v) is 5.36. The lowest BCUT2D eigenvalue weighted by Gasteiger charge is -1.90. The molecule has 1 aromatic carbocycles. The number of fused-ring (bicyclic) bond motifs is 1. The van der Waals surface area contributed by atoms with Gasteiger partial charge in [0.05, 0.1) is 0 Å². The van der Waals surface area contributed by atoms with Crippen molar-refractivity contribution in [2.24, 2.45) is 0 Å². The third-order valence-corrected chi connectivity index (χ3v) is 3.34. The maximum Gasteiger partial charge on any atom is 0.512 e. The Kier molecular flexibility index (Phi) is 2.43. The van der Waals surface area contributed by atoms with Crippen LogP contribution in [0.4, 0.5) is 4.79 Å². The van der Waals surface area contributed by atoms with Gasteiger partial charge in [-0.1, -0.05) is 33.3 Å². The molecule has 0 atom stereocenters. The maximum atomic E-state index is 10.3. The Balaban J connectivity index is 2.51. The molecule has 0 bridgehead atoms. The molecule has 72 valence electrons. The van der Waals surface area contributed by atoms with E-state index in [2.05, 4.69) is 20.7 Å². The zero-order valence-corrected chi connectivity index (χ0v) is 9.26. The van der Waals surface area contributed by atoms with E-state index < -0.39 is 6.16 Å². The van der Waals surface area contributed by atoms with Crippen molar-refractivity contribution in [3.63, 3.8) is 0 Å². The van der Waals surface area contributed by atoms with Crippen LogP contribution in [0.5, 0.6) is 5.06 Å². The van der Waals surface area contributed by atoms with Crippen molar-refractivity contribution < 1.29 is 14.6 Å². The molecule has 14 heavy (non-hydrogen) atoms. The van der Waals surface area contributed by atoms with Crippen LogP contribution in [0.15, 0.2) is 28.7 Å². The van der Waals surface area contributed by atoms with Crippen LogP contribution in [0, 0.1) is 0 Å². The minimum atomic E-state index is -1.28. The van der Waals surface area contributed by atoms with Crippen molar-refractivity contribution in [3.8, 4) is 5.06 Å². The number of halogens is 1. The smallest absolute Gasteiger partial charge is 0.449 e. The second kappa shape index (κ2) is 3.59. The molecule has 0 fully saturated rings. The molecule has 1 N–H and O–H groups in total. The molecule has 0 saturated heterocycles. The van der Waals surface area contributed by atoms with Crippen molar-refractivity contribution in [1.29, 1.82) is 0 Å². The molecule has 2 aromatic rings. The fourth-order valence-corrected chi connectivity index (χ4v) is 2.68. The Morgan fingerprint density at radius 2 is 2.29 bits per heavy atom. The van der Waals surface area contributed by atoms with Crippen LogP contribution < -0.4 is 4.74 Å². The lowest BCUT2D eigenvalue weighted by molar-refractivity contribution is 0.146. The second-order valence-electron chi connectivity index (χ2n) is 2.59. The van der Waals surface area contributed by atoms with Gasteiger partial charge in [-0.25, -0.2) is 4.79 Å². The third-order valence-electron chi connectivity index (χ3n) is 1.67. The van der Waals surface area contributed by atoms with Crippen molar-refractivity contribution in [2.45, 2.75) is 0 Å². The molecule has 0 saturated carbocycles. The van der Waals surface area contributed by atoms with Crippen LogP contribution in [0.3, 0.4) is 0 Å². The average molecular weight is 273 g/mol. The molecule has 1 aromatic heterocycles. The summed E-state index contributed by atoms with van der Waals surface area (Å²) in [5.74, 6) is 0. The molecule has 0 spiro atoms. The third kappa shape index (κ3) is 1.73. The van der Waals surface area contributed by atoms with Crippen molar-refractivity contribution in [1.82, 2.24) is 0 Å². The number of benzene rings is 1. The van der Waals surface area contributed by atoms with Gasteiger partial charge in [0.2, 0.25) is 0 Å². The Bertz CT molecular complexity index is 492. The predicted molar refractivity (Wildman–Crippen MR) is 58.2 cm³/mol. The molecule has 2 rings (SSSR count). The summed E-state index contributed by atoms with van der Waals surface area (Å²) in [5, 5.41) is 9.79. The lowest BCUT2D eigenvalue weighted by atomic mass is 10.3. The van der Waals surface area contributed by atoms with Crippen molar-refractivity contribution in [2.75, 3.05) is 0 Å². The van der Waals surface area contributed by atoms with Crippen LogP contribution in [0.25, 0.3) is 10.1 Å². The minimum absolute atomic E-state index is 0.388. The summed E-state index contributed by atoms with van der Waals surface area (Å²) < 4.78 is 6.50. The number of hydrogen-bond donors (Lipinski definition) is 1. The van der Waals surface area contributed by atoms with Gasteiger partial charge in [-0.3, -0.25) is 0 Å². The van der Waals surface area contributed by atoms with Crippen LogP contribution >= 0.6 is 27.3 Å². The van der Waals surface area contributed by atoms with Crippen LogP contribution in [-0.4, -0.2) is 11.3 Å². The SMILES string of the molecule is O=C(O)Oc1cc2c(Br)cccc2s1. The molecule has 0 aliphatic rings. The van der Waals surface area contributed by atoms with Gasteiger partial charge >= 0.3 is 6.16 Å². The number of carboxylic acid groups (broad SMARTS) is 1. The molecular weight excluding hydrogens is 268 g/mol. The monoisotopic (exact) mass is 272 g/mol. The molecule has 3 nitrogen and oxygen atoms in total. The van der Waals surface area contributed by atoms with Gasteiger partial charge in [0.1, 0.15) is 0 Å². The predicted octanol–water partition coefficient (Wildman–Crippen LogP) is 3.72. The number of ether oxygens (including phenoxy) is 1. The molecule has 0 aliphatic carbocycles. The summed E-state index contributed by atoms with van der Waals surface area (Å²) in [6.45, 7) is 0. The molecule has 1 heterocycles. The number of carbonyl (C=O) groups is 1. The molecule has 0 radical (unpaired) electrons. The summed E-state index contributed by atoms with van der Waals surface area (Å²) >= 11 is 4.69. The van der Waals surface area contributed by atoms with E-state index in [9.17, 15) is 4.79 Å². The highest BCUT2D eigenvalue weighted by Crippen LogP contribution is 2.35. The first-order valence-electron chi connectivity index (χ1n) is 3.75. The van der Waals surface area contributed by atoms with Crippen molar-refractivity contribution >= 4 is 43.5 Å². The highest BCUT2D eigenvalue weighted by molar-refractivity contribution is 9.10. The standard InChI is InChI=1S/C9H5BrO3S/c10-6-2-1-3-7-5(6)4-8(14-7)13-9(11)12/h1-4H,(H,11,12). The van der Waals surface area contributed by atoms with E-state index in [1.54, 1.807) is 6.07 Å². The Morgan fingerprint density at radius 3 is 2.93 bits per heavy atom. The van der Waals surface area contributed by atoms with Crippen LogP contribution in [0.2, 0.25) is 0 Å². The second-order valence-corrected chi connectivity index (χ2v) is 4.49. The normalized spacial score (nSPS) is 10.4. The van der Waals surface area contributed by atoms with Gasteiger partial charge in [-0.2, -0.15) is 0 Å².